The molecule has 0 radical (unpaired) electrons. The molecule has 136 valence electrons. The number of rotatable bonds is 5. The van der Waals surface area contributed by atoms with Crippen molar-refractivity contribution in [1.29, 1.82) is 0 Å². The van der Waals surface area contributed by atoms with E-state index in [1.165, 1.54) is 0 Å². The summed E-state index contributed by atoms with van der Waals surface area (Å²) in [7, 11) is -2.84. The number of aromatic nitrogens is 1. The molecule has 1 atom stereocenters. The molecule has 8 heteroatoms. The molecule has 0 saturated carbocycles. The van der Waals surface area contributed by atoms with Gasteiger partial charge >= 0.3 is 0 Å². The van der Waals surface area contributed by atoms with Crippen LogP contribution < -0.4 is 10.2 Å². The smallest absolute Gasteiger partial charge is 0.253 e. The Hall–Kier alpha value is -1.93. The lowest BCUT2D eigenvalue weighted by atomic mass is 10.2. The molecule has 1 aromatic rings. The van der Waals surface area contributed by atoms with Gasteiger partial charge < -0.3 is 10.2 Å². The van der Waals surface area contributed by atoms with E-state index in [2.05, 4.69) is 26.7 Å². The number of hydrogen-bond donors (Lipinski definition) is 1. The maximum atomic E-state index is 11.9. The van der Waals surface area contributed by atoms with Crippen LogP contribution in [0, 0.1) is 0 Å². The lowest BCUT2D eigenvalue weighted by Crippen LogP contribution is -2.51. The van der Waals surface area contributed by atoms with Crippen molar-refractivity contribution in [1.82, 2.24) is 15.2 Å². The highest BCUT2D eigenvalue weighted by molar-refractivity contribution is 7.91. The Morgan fingerprint density at radius 1 is 1.32 bits per heavy atom. The summed E-state index contributed by atoms with van der Waals surface area (Å²) in [5, 5.41) is 2.72. The van der Waals surface area contributed by atoms with E-state index in [1.807, 2.05) is 6.07 Å². The van der Waals surface area contributed by atoms with Gasteiger partial charge in [-0.25, -0.2) is 13.4 Å². The van der Waals surface area contributed by atoms with Crippen LogP contribution in [0.1, 0.15) is 16.8 Å². The van der Waals surface area contributed by atoms with Crippen LogP contribution in [0.3, 0.4) is 0 Å². The highest BCUT2D eigenvalue weighted by atomic mass is 32.2. The molecule has 2 aliphatic heterocycles. The quantitative estimate of drug-likeness (QED) is 0.757. The molecule has 0 bridgehead atoms. The zero-order chi connectivity index (χ0) is 17.9. The molecule has 7 nitrogen and oxygen atoms in total. The molecule has 3 rings (SSSR count). The molecule has 0 aliphatic carbocycles. The van der Waals surface area contributed by atoms with Gasteiger partial charge in [0.15, 0.2) is 9.84 Å². The van der Waals surface area contributed by atoms with E-state index in [0.717, 1.165) is 38.4 Å². The molecule has 0 aromatic carbocycles. The Balaban J connectivity index is 1.54. The van der Waals surface area contributed by atoms with E-state index in [9.17, 15) is 13.2 Å². The predicted octanol–water partition coefficient (Wildman–Crippen LogP) is 0.307. The zero-order valence-electron chi connectivity index (χ0n) is 14.2. The zero-order valence-corrected chi connectivity index (χ0v) is 15.0. The van der Waals surface area contributed by atoms with Crippen LogP contribution in [-0.4, -0.2) is 74.5 Å². The van der Waals surface area contributed by atoms with Gasteiger partial charge in [0.25, 0.3) is 5.91 Å². The SMILES string of the molecule is C=CCNC(=O)c1ccc(N2CCN(C3CCS(=O)(=O)C3)CC2)nc1. The van der Waals surface area contributed by atoms with Crippen molar-refractivity contribution in [2.45, 2.75) is 12.5 Å². The van der Waals surface area contributed by atoms with Crippen molar-refractivity contribution in [3.05, 3.63) is 36.5 Å². The molecule has 25 heavy (non-hydrogen) atoms. The normalized spacial score (nSPS) is 23.4. The fourth-order valence-corrected chi connectivity index (χ4v) is 5.12. The number of pyridine rings is 1. The standard InChI is InChI=1S/C17H24N4O3S/c1-2-6-18-17(22)14-3-4-16(19-12-14)21-9-7-20(8-10-21)15-5-11-25(23,24)13-15/h2-4,12,15H,1,5-11,13H2,(H,18,22). The van der Waals surface area contributed by atoms with Gasteiger partial charge in [0.1, 0.15) is 5.82 Å². The minimum Gasteiger partial charge on any atom is -0.354 e. The van der Waals surface area contributed by atoms with E-state index in [4.69, 9.17) is 0 Å². The number of carbonyl (C=O) groups excluding carboxylic acids is 1. The highest BCUT2D eigenvalue weighted by Crippen LogP contribution is 2.21. The van der Waals surface area contributed by atoms with E-state index in [-0.39, 0.29) is 11.9 Å². The molecule has 1 amide bonds. The Morgan fingerprint density at radius 2 is 2.08 bits per heavy atom. The molecule has 1 N–H and O–H groups in total. The Kier molecular flexibility index (Phi) is 5.39. The molecule has 2 saturated heterocycles. The Bertz CT molecular complexity index is 725. The molecule has 2 fully saturated rings. The second-order valence-corrected chi connectivity index (χ2v) is 8.71. The van der Waals surface area contributed by atoms with Gasteiger partial charge in [-0.3, -0.25) is 9.69 Å². The molecule has 3 heterocycles. The molecular formula is C17H24N4O3S. The fourth-order valence-electron chi connectivity index (χ4n) is 3.35. The van der Waals surface area contributed by atoms with Crippen molar-refractivity contribution in [3.63, 3.8) is 0 Å². The van der Waals surface area contributed by atoms with Gasteiger partial charge in [-0.05, 0) is 18.6 Å². The van der Waals surface area contributed by atoms with Crippen molar-refractivity contribution < 1.29 is 13.2 Å². The topological polar surface area (TPSA) is 82.6 Å². The number of nitrogens with one attached hydrogen (secondary N) is 1. The number of sulfone groups is 1. The van der Waals surface area contributed by atoms with Crippen molar-refractivity contribution >= 4 is 21.6 Å². The Morgan fingerprint density at radius 3 is 2.64 bits per heavy atom. The van der Waals surface area contributed by atoms with Crippen LogP contribution in [0.15, 0.2) is 31.0 Å². The average Bonchev–Trinajstić information content (AvgIpc) is 3.00. The third-order valence-corrected chi connectivity index (χ3v) is 6.53. The lowest BCUT2D eigenvalue weighted by molar-refractivity contribution is 0.0957. The molecule has 2 aliphatic rings. The van der Waals surface area contributed by atoms with E-state index in [1.54, 1.807) is 18.3 Å². The van der Waals surface area contributed by atoms with Crippen LogP contribution in [0.2, 0.25) is 0 Å². The summed E-state index contributed by atoms with van der Waals surface area (Å²) in [5.41, 5.74) is 0.528. The number of hydrogen-bond acceptors (Lipinski definition) is 6. The molecule has 0 spiro atoms. The van der Waals surface area contributed by atoms with Gasteiger partial charge in [-0.15, -0.1) is 6.58 Å². The van der Waals surface area contributed by atoms with Gasteiger partial charge in [0.05, 0.1) is 17.1 Å². The van der Waals surface area contributed by atoms with E-state index < -0.39 is 9.84 Å². The average molecular weight is 364 g/mol. The summed E-state index contributed by atoms with van der Waals surface area (Å²) in [6, 6.07) is 3.80. The van der Waals surface area contributed by atoms with Crippen LogP contribution in [0.4, 0.5) is 5.82 Å². The number of amides is 1. The third-order valence-electron chi connectivity index (χ3n) is 4.78. The minimum atomic E-state index is -2.84. The minimum absolute atomic E-state index is 0.161. The first-order valence-corrected chi connectivity index (χ1v) is 10.4. The van der Waals surface area contributed by atoms with Gasteiger partial charge in [0.2, 0.25) is 0 Å². The number of nitrogens with zero attached hydrogens (tertiary/aromatic N) is 3. The number of piperazine rings is 1. The second kappa shape index (κ2) is 7.53. The van der Waals surface area contributed by atoms with Crippen LogP contribution in [-0.2, 0) is 9.84 Å². The fraction of sp³-hybridized carbons (Fsp3) is 0.529. The van der Waals surface area contributed by atoms with Crippen LogP contribution in [0.5, 0.6) is 0 Å². The molecule has 1 aromatic heterocycles. The Labute approximate surface area is 148 Å². The summed E-state index contributed by atoms with van der Waals surface area (Å²) >= 11 is 0. The summed E-state index contributed by atoms with van der Waals surface area (Å²) in [6.45, 7) is 7.30. The summed E-state index contributed by atoms with van der Waals surface area (Å²) in [4.78, 5) is 20.7. The summed E-state index contributed by atoms with van der Waals surface area (Å²) in [6.07, 6.45) is 3.97. The number of anilines is 1. The summed E-state index contributed by atoms with van der Waals surface area (Å²) in [5.74, 6) is 1.29. The lowest BCUT2D eigenvalue weighted by Gasteiger charge is -2.38. The van der Waals surface area contributed by atoms with Gasteiger partial charge in [-0.1, -0.05) is 6.08 Å². The van der Waals surface area contributed by atoms with E-state index in [0.29, 0.717) is 23.6 Å². The highest BCUT2D eigenvalue weighted by Gasteiger charge is 2.33. The van der Waals surface area contributed by atoms with Crippen molar-refractivity contribution in [2.24, 2.45) is 0 Å². The first-order chi connectivity index (χ1) is 12.0. The van der Waals surface area contributed by atoms with Gasteiger partial charge in [0, 0.05) is 45.0 Å². The molecule has 1 unspecified atom stereocenters. The first-order valence-electron chi connectivity index (χ1n) is 8.53. The van der Waals surface area contributed by atoms with Crippen LogP contribution >= 0.6 is 0 Å². The number of carbonyl (C=O) groups is 1. The van der Waals surface area contributed by atoms with Crippen molar-refractivity contribution in [2.75, 3.05) is 49.1 Å². The monoisotopic (exact) mass is 364 g/mol. The van der Waals surface area contributed by atoms with E-state index >= 15 is 0 Å². The maximum absolute atomic E-state index is 11.9. The second-order valence-electron chi connectivity index (χ2n) is 6.48. The molecular weight excluding hydrogens is 340 g/mol. The van der Waals surface area contributed by atoms with Crippen molar-refractivity contribution in [3.8, 4) is 0 Å². The van der Waals surface area contributed by atoms with Crippen LogP contribution in [0.25, 0.3) is 0 Å². The largest absolute Gasteiger partial charge is 0.354 e. The third kappa shape index (κ3) is 4.38. The predicted molar refractivity (Wildman–Crippen MR) is 97.6 cm³/mol. The van der Waals surface area contributed by atoms with Gasteiger partial charge in [-0.2, -0.15) is 0 Å². The first kappa shape index (κ1) is 17.9. The maximum Gasteiger partial charge on any atom is 0.253 e. The summed E-state index contributed by atoms with van der Waals surface area (Å²) < 4.78 is 23.3.